The van der Waals surface area contributed by atoms with Gasteiger partial charge in [-0.3, -0.25) is 4.98 Å². The van der Waals surface area contributed by atoms with Gasteiger partial charge in [-0.15, -0.1) is 0 Å². The van der Waals surface area contributed by atoms with Crippen LogP contribution >= 0.6 is 31.9 Å². The Morgan fingerprint density at radius 3 is 2.62 bits per heavy atom. The van der Waals surface area contributed by atoms with Crippen molar-refractivity contribution in [3.63, 3.8) is 0 Å². The molecule has 0 saturated heterocycles. The van der Waals surface area contributed by atoms with E-state index < -0.39 is 0 Å². The van der Waals surface area contributed by atoms with Gasteiger partial charge in [0.25, 0.3) is 0 Å². The van der Waals surface area contributed by atoms with E-state index in [1.165, 1.54) is 0 Å². The Bertz CT molecular complexity index is 381. The monoisotopic (exact) mass is 346 g/mol. The first-order chi connectivity index (χ1) is 7.38. The fourth-order valence-electron chi connectivity index (χ4n) is 1.08. The fraction of sp³-hybridized carbons (Fsp3) is 0.417. The summed E-state index contributed by atoms with van der Waals surface area (Å²) in [7, 11) is 0. The molecule has 1 aromatic heterocycles. The van der Waals surface area contributed by atoms with Crippen LogP contribution < -0.4 is 5.32 Å². The SMILES string of the molecule is CC(C)(C)NC/C=C/c1ncc(Br)cc1Br. The van der Waals surface area contributed by atoms with Crippen molar-refractivity contribution in [3.8, 4) is 0 Å². The predicted octanol–water partition coefficient (Wildman–Crippen LogP) is 4.01. The molecule has 0 radical (unpaired) electrons. The molecule has 16 heavy (non-hydrogen) atoms. The zero-order valence-electron chi connectivity index (χ0n) is 9.72. The van der Waals surface area contributed by atoms with Gasteiger partial charge in [-0.25, -0.2) is 0 Å². The van der Waals surface area contributed by atoms with Crippen LogP contribution in [0.4, 0.5) is 0 Å². The van der Waals surface area contributed by atoms with Crippen LogP contribution in [0.5, 0.6) is 0 Å². The normalized spacial score (nSPS) is 12.3. The van der Waals surface area contributed by atoms with E-state index in [-0.39, 0.29) is 5.54 Å². The number of nitrogens with zero attached hydrogens (tertiary/aromatic N) is 1. The average molecular weight is 348 g/mol. The van der Waals surface area contributed by atoms with Crippen molar-refractivity contribution in [1.82, 2.24) is 10.3 Å². The third-order valence-corrected chi connectivity index (χ3v) is 2.93. The highest BCUT2D eigenvalue weighted by Gasteiger charge is 2.05. The zero-order chi connectivity index (χ0) is 12.2. The quantitative estimate of drug-likeness (QED) is 0.893. The molecule has 0 fully saturated rings. The van der Waals surface area contributed by atoms with E-state index >= 15 is 0 Å². The first-order valence-corrected chi connectivity index (χ1v) is 6.70. The van der Waals surface area contributed by atoms with Gasteiger partial charge in [0, 0.05) is 27.2 Å². The summed E-state index contributed by atoms with van der Waals surface area (Å²) in [4.78, 5) is 4.30. The van der Waals surface area contributed by atoms with Crippen LogP contribution in [0.2, 0.25) is 0 Å². The molecule has 1 N–H and O–H groups in total. The molecule has 1 heterocycles. The van der Waals surface area contributed by atoms with Crippen LogP contribution in [0.1, 0.15) is 26.5 Å². The highest BCUT2D eigenvalue weighted by atomic mass is 79.9. The molecule has 0 bridgehead atoms. The van der Waals surface area contributed by atoms with E-state index in [4.69, 9.17) is 0 Å². The van der Waals surface area contributed by atoms with Gasteiger partial charge in [-0.05, 0) is 64.8 Å². The zero-order valence-corrected chi connectivity index (χ0v) is 12.9. The molecule has 0 aliphatic heterocycles. The van der Waals surface area contributed by atoms with Gasteiger partial charge in [0.1, 0.15) is 0 Å². The maximum atomic E-state index is 4.30. The smallest absolute Gasteiger partial charge is 0.0769 e. The summed E-state index contributed by atoms with van der Waals surface area (Å²) in [6.07, 6.45) is 5.88. The lowest BCUT2D eigenvalue weighted by molar-refractivity contribution is 0.450. The van der Waals surface area contributed by atoms with Crippen molar-refractivity contribution >= 4 is 37.9 Å². The van der Waals surface area contributed by atoms with Gasteiger partial charge in [0.15, 0.2) is 0 Å². The van der Waals surface area contributed by atoms with Gasteiger partial charge in [0.2, 0.25) is 0 Å². The van der Waals surface area contributed by atoms with Crippen molar-refractivity contribution in [2.45, 2.75) is 26.3 Å². The van der Waals surface area contributed by atoms with Crippen LogP contribution in [0.15, 0.2) is 27.3 Å². The lowest BCUT2D eigenvalue weighted by atomic mass is 10.1. The number of nitrogens with one attached hydrogen (secondary N) is 1. The third-order valence-electron chi connectivity index (χ3n) is 1.86. The van der Waals surface area contributed by atoms with E-state index in [0.29, 0.717) is 0 Å². The van der Waals surface area contributed by atoms with E-state index in [1.54, 1.807) is 6.20 Å². The van der Waals surface area contributed by atoms with Crippen LogP contribution in [-0.2, 0) is 0 Å². The second-order valence-corrected chi connectivity index (χ2v) is 6.32. The Morgan fingerprint density at radius 1 is 1.38 bits per heavy atom. The number of hydrogen-bond donors (Lipinski definition) is 1. The van der Waals surface area contributed by atoms with Crippen molar-refractivity contribution in [1.29, 1.82) is 0 Å². The molecule has 1 rings (SSSR count). The molecule has 4 heteroatoms. The molecule has 1 aromatic rings. The van der Waals surface area contributed by atoms with Crippen LogP contribution in [0.3, 0.4) is 0 Å². The topological polar surface area (TPSA) is 24.9 Å². The summed E-state index contributed by atoms with van der Waals surface area (Å²) in [5, 5.41) is 3.38. The molecule has 2 nitrogen and oxygen atoms in total. The minimum absolute atomic E-state index is 0.148. The molecule has 0 unspecified atom stereocenters. The molecule has 0 aliphatic rings. The Labute approximate surface area is 114 Å². The maximum absolute atomic E-state index is 4.30. The summed E-state index contributed by atoms with van der Waals surface area (Å²) >= 11 is 6.85. The van der Waals surface area contributed by atoms with Gasteiger partial charge >= 0.3 is 0 Å². The second kappa shape index (κ2) is 5.94. The molecule has 0 aliphatic carbocycles. The van der Waals surface area contributed by atoms with Crippen molar-refractivity contribution in [2.75, 3.05) is 6.54 Å². The fourth-order valence-corrected chi connectivity index (χ4v) is 2.20. The van der Waals surface area contributed by atoms with Crippen molar-refractivity contribution in [3.05, 3.63) is 33.0 Å². The summed E-state index contributed by atoms with van der Waals surface area (Å²) in [6.45, 7) is 7.28. The van der Waals surface area contributed by atoms with E-state index in [0.717, 1.165) is 21.2 Å². The Morgan fingerprint density at radius 2 is 2.06 bits per heavy atom. The minimum atomic E-state index is 0.148. The van der Waals surface area contributed by atoms with Crippen molar-refractivity contribution < 1.29 is 0 Å². The molecule has 0 amide bonds. The summed E-state index contributed by atoms with van der Waals surface area (Å²) < 4.78 is 1.97. The molecular formula is C12H16Br2N2. The van der Waals surface area contributed by atoms with E-state index in [9.17, 15) is 0 Å². The summed E-state index contributed by atoms with van der Waals surface area (Å²) in [5.74, 6) is 0. The maximum Gasteiger partial charge on any atom is 0.0769 e. The lowest BCUT2D eigenvalue weighted by Crippen LogP contribution is -2.35. The summed E-state index contributed by atoms with van der Waals surface area (Å²) in [5.41, 5.74) is 1.09. The van der Waals surface area contributed by atoms with Gasteiger partial charge in [-0.1, -0.05) is 6.08 Å². The summed E-state index contributed by atoms with van der Waals surface area (Å²) in [6, 6.07) is 1.99. The van der Waals surface area contributed by atoms with Gasteiger partial charge in [-0.2, -0.15) is 0 Å². The number of halogens is 2. The Kier molecular flexibility index (Phi) is 5.15. The minimum Gasteiger partial charge on any atom is -0.309 e. The van der Waals surface area contributed by atoms with Gasteiger partial charge in [0.05, 0.1) is 5.69 Å². The largest absolute Gasteiger partial charge is 0.309 e. The molecule has 0 saturated carbocycles. The predicted molar refractivity (Wildman–Crippen MR) is 76.4 cm³/mol. The van der Waals surface area contributed by atoms with Crippen LogP contribution in [0, 0.1) is 0 Å². The molecule has 0 spiro atoms. The Hall–Kier alpha value is -0.190. The van der Waals surface area contributed by atoms with E-state index in [1.807, 2.05) is 12.1 Å². The number of aromatic nitrogens is 1. The van der Waals surface area contributed by atoms with Crippen LogP contribution in [-0.4, -0.2) is 17.1 Å². The molecular weight excluding hydrogens is 332 g/mol. The first-order valence-electron chi connectivity index (χ1n) is 5.11. The van der Waals surface area contributed by atoms with Crippen molar-refractivity contribution in [2.24, 2.45) is 0 Å². The van der Waals surface area contributed by atoms with Gasteiger partial charge < -0.3 is 5.32 Å². The first kappa shape index (κ1) is 13.9. The lowest BCUT2D eigenvalue weighted by Gasteiger charge is -2.18. The number of pyridine rings is 1. The number of hydrogen-bond acceptors (Lipinski definition) is 2. The highest BCUT2D eigenvalue weighted by Crippen LogP contribution is 2.20. The Balaban J connectivity index is 2.57. The number of rotatable bonds is 3. The standard InChI is InChI=1S/C12H16Br2N2/c1-12(2,3)16-6-4-5-11-10(14)7-9(13)8-15-11/h4-5,7-8,16H,6H2,1-3H3/b5-4+. The second-order valence-electron chi connectivity index (χ2n) is 4.55. The van der Waals surface area contributed by atoms with Crippen LogP contribution in [0.25, 0.3) is 6.08 Å². The van der Waals surface area contributed by atoms with E-state index in [2.05, 4.69) is 69.0 Å². The average Bonchev–Trinajstić information content (AvgIpc) is 2.13. The molecule has 0 aromatic carbocycles. The molecule has 0 atom stereocenters. The third kappa shape index (κ3) is 5.23. The molecule has 88 valence electrons. The highest BCUT2D eigenvalue weighted by molar-refractivity contribution is 9.11.